The number of rotatable bonds is 5. The number of Topliss-reactive ketones (excluding diaryl/α,β-unsaturated/α-hetero) is 1. The molecule has 26 heavy (non-hydrogen) atoms. The highest BCUT2D eigenvalue weighted by Gasteiger charge is 2.08. The maximum atomic E-state index is 12.4. The second-order valence-electron chi connectivity index (χ2n) is 6.11. The SMILES string of the molecule is Cc1cccc(C(=O)Cc2ccc(NC(=O)Nc3ccccc3)cc2)c1. The molecule has 0 unspecified atom stereocenters. The smallest absolute Gasteiger partial charge is 0.308 e. The number of carbonyl (C=O) groups is 2. The molecule has 2 N–H and O–H groups in total. The summed E-state index contributed by atoms with van der Waals surface area (Å²) in [4.78, 5) is 24.3. The minimum Gasteiger partial charge on any atom is -0.308 e. The van der Waals surface area contributed by atoms with Gasteiger partial charge in [0.15, 0.2) is 5.78 Å². The molecule has 0 fully saturated rings. The summed E-state index contributed by atoms with van der Waals surface area (Å²) >= 11 is 0. The van der Waals surface area contributed by atoms with Crippen LogP contribution in [-0.4, -0.2) is 11.8 Å². The Morgan fingerprint density at radius 1 is 0.769 bits per heavy atom. The van der Waals surface area contributed by atoms with E-state index in [-0.39, 0.29) is 11.8 Å². The highest BCUT2D eigenvalue weighted by Crippen LogP contribution is 2.14. The Morgan fingerprint density at radius 2 is 1.42 bits per heavy atom. The topological polar surface area (TPSA) is 58.2 Å². The average Bonchev–Trinajstić information content (AvgIpc) is 2.64. The lowest BCUT2D eigenvalue weighted by atomic mass is 10.0. The summed E-state index contributed by atoms with van der Waals surface area (Å²) in [5, 5.41) is 5.53. The molecule has 0 spiro atoms. The van der Waals surface area contributed by atoms with Crippen molar-refractivity contribution in [1.29, 1.82) is 0 Å². The van der Waals surface area contributed by atoms with Crippen LogP contribution in [0.2, 0.25) is 0 Å². The number of aryl methyl sites for hydroxylation is 1. The van der Waals surface area contributed by atoms with Crippen LogP contribution in [-0.2, 0) is 6.42 Å². The molecule has 0 aromatic heterocycles. The summed E-state index contributed by atoms with van der Waals surface area (Å²) in [6.45, 7) is 1.97. The largest absolute Gasteiger partial charge is 0.323 e. The molecule has 0 bridgehead atoms. The van der Waals surface area contributed by atoms with Gasteiger partial charge in [-0.25, -0.2) is 4.79 Å². The van der Waals surface area contributed by atoms with Gasteiger partial charge in [0.25, 0.3) is 0 Å². The van der Waals surface area contributed by atoms with Gasteiger partial charge in [0, 0.05) is 23.4 Å². The molecule has 0 saturated carbocycles. The summed E-state index contributed by atoms with van der Waals surface area (Å²) in [6.07, 6.45) is 0.333. The van der Waals surface area contributed by atoms with Gasteiger partial charge in [-0.05, 0) is 42.8 Å². The van der Waals surface area contributed by atoms with E-state index in [1.165, 1.54) is 0 Å². The second kappa shape index (κ2) is 8.12. The first kappa shape index (κ1) is 17.4. The quantitative estimate of drug-likeness (QED) is 0.635. The molecule has 0 heterocycles. The van der Waals surface area contributed by atoms with Crippen molar-refractivity contribution >= 4 is 23.2 Å². The van der Waals surface area contributed by atoms with Crippen LogP contribution in [0.25, 0.3) is 0 Å². The molecule has 0 saturated heterocycles. The number of amides is 2. The fourth-order valence-corrected chi connectivity index (χ4v) is 2.63. The van der Waals surface area contributed by atoms with Crippen LogP contribution in [0, 0.1) is 6.92 Å². The summed E-state index contributed by atoms with van der Waals surface area (Å²) in [7, 11) is 0. The van der Waals surface area contributed by atoms with E-state index in [4.69, 9.17) is 0 Å². The minimum absolute atomic E-state index is 0.0798. The molecule has 3 aromatic carbocycles. The van der Waals surface area contributed by atoms with Gasteiger partial charge < -0.3 is 10.6 Å². The molecule has 0 aliphatic heterocycles. The first-order chi connectivity index (χ1) is 12.6. The molecule has 0 atom stereocenters. The van der Waals surface area contributed by atoms with E-state index in [0.29, 0.717) is 12.1 Å². The first-order valence-electron chi connectivity index (χ1n) is 8.42. The Hall–Kier alpha value is -3.40. The van der Waals surface area contributed by atoms with Gasteiger partial charge in [-0.2, -0.15) is 0 Å². The fourth-order valence-electron chi connectivity index (χ4n) is 2.63. The number of nitrogens with one attached hydrogen (secondary N) is 2. The predicted octanol–water partition coefficient (Wildman–Crippen LogP) is 5.06. The summed E-state index contributed by atoms with van der Waals surface area (Å²) in [5.41, 5.74) is 4.09. The predicted molar refractivity (Wildman–Crippen MR) is 105 cm³/mol. The molecule has 2 amide bonds. The minimum atomic E-state index is -0.306. The highest BCUT2D eigenvalue weighted by atomic mass is 16.2. The van der Waals surface area contributed by atoms with Crippen molar-refractivity contribution in [2.75, 3.05) is 10.6 Å². The number of ketones is 1. The summed E-state index contributed by atoms with van der Waals surface area (Å²) < 4.78 is 0. The van der Waals surface area contributed by atoms with Crippen LogP contribution in [0.4, 0.5) is 16.2 Å². The zero-order valence-electron chi connectivity index (χ0n) is 14.5. The maximum absolute atomic E-state index is 12.4. The highest BCUT2D eigenvalue weighted by molar-refractivity contribution is 6.00. The third kappa shape index (κ3) is 4.80. The number of urea groups is 1. The fraction of sp³-hybridized carbons (Fsp3) is 0.0909. The van der Waals surface area contributed by atoms with Crippen molar-refractivity contribution < 1.29 is 9.59 Å². The van der Waals surface area contributed by atoms with Gasteiger partial charge in [0.2, 0.25) is 0 Å². The third-order valence-electron chi connectivity index (χ3n) is 3.95. The van der Waals surface area contributed by atoms with Crippen molar-refractivity contribution in [3.63, 3.8) is 0 Å². The lowest BCUT2D eigenvalue weighted by Gasteiger charge is -2.08. The van der Waals surface area contributed by atoms with E-state index in [1.54, 1.807) is 12.1 Å². The van der Waals surface area contributed by atoms with E-state index in [1.807, 2.05) is 73.7 Å². The van der Waals surface area contributed by atoms with Gasteiger partial charge in [0.05, 0.1) is 0 Å². The molecule has 4 heteroatoms. The lowest BCUT2D eigenvalue weighted by molar-refractivity contribution is 0.0993. The summed E-state index contributed by atoms with van der Waals surface area (Å²) in [5.74, 6) is 0.0798. The Kier molecular flexibility index (Phi) is 5.44. The van der Waals surface area contributed by atoms with Crippen LogP contribution < -0.4 is 10.6 Å². The van der Waals surface area contributed by atoms with Crippen molar-refractivity contribution in [1.82, 2.24) is 0 Å². The number of carbonyl (C=O) groups excluding carboxylic acids is 2. The van der Waals surface area contributed by atoms with Crippen molar-refractivity contribution in [3.8, 4) is 0 Å². The number of hydrogen-bond donors (Lipinski definition) is 2. The lowest BCUT2D eigenvalue weighted by Crippen LogP contribution is -2.19. The van der Waals surface area contributed by atoms with Gasteiger partial charge in [-0.15, -0.1) is 0 Å². The van der Waals surface area contributed by atoms with Gasteiger partial charge in [-0.1, -0.05) is 54.1 Å². The van der Waals surface area contributed by atoms with Gasteiger partial charge >= 0.3 is 6.03 Å². The van der Waals surface area contributed by atoms with E-state index in [9.17, 15) is 9.59 Å². The zero-order valence-corrected chi connectivity index (χ0v) is 14.5. The third-order valence-corrected chi connectivity index (χ3v) is 3.95. The second-order valence-corrected chi connectivity index (χ2v) is 6.11. The molecule has 4 nitrogen and oxygen atoms in total. The molecule has 3 rings (SSSR count). The van der Waals surface area contributed by atoms with E-state index < -0.39 is 0 Å². The normalized spacial score (nSPS) is 10.2. The molecule has 130 valence electrons. The number of para-hydroxylation sites is 1. The van der Waals surface area contributed by atoms with Crippen molar-refractivity contribution in [2.24, 2.45) is 0 Å². The number of hydrogen-bond acceptors (Lipinski definition) is 2. The van der Waals surface area contributed by atoms with Gasteiger partial charge in [0.1, 0.15) is 0 Å². The number of anilines is 2. The standard InChI is InChI=1S/C22H20N2O2/c1-16-6-5-7-18(14-16)21(25)15-17-10-12-20(13-11-17)24-22(26)23-19-8-3-2-4-9-19/h2-14H,15H2,1H3,(H2,23,24,26). The van der Waals surface area contributed by atoms with Crippen LogP contribution >= 0.6 is 0 Å². The molecule has 0 radical (unpaired) electrons. The Labute approximate surface area is 152 Å². The van der Waals surface area contributed by atoms with Crippen molar-refractivity contribution in [2.45, 2.75) is 13.3 Å². The number of benzene rings is 3. The average molecular weight is 344 g/mol. The van der Waals surface area contributed by atoms with Crippen LogP contribution in [0.15, 0.2) is 78.9 Å². The maximum Gasteiger partial charge on any atom is 0.323 e. The van der Waals surface area contributed by atoms with E-state index in [2.05, 4.69) is 10.6 Å². The molecular formula is C22H20N2O2. The Balaban J connectivity index is 1.58. The van der Waals surface area contributed by atoms with Crippen molar-refractivity contribution in [3.05, 3.63) is 95.6 Å². The molecule has 0 aliphatic carbocycles. The van der Waals surface area contributed by atoms with Crippen LogP contribution in [0.3, 0.4) is 0 Å². The molecular weight excluding hydrogens is 324 g/mol. The Bertz CT molecular complexity index is 903. The van der Waals surface area contributed by atoms with E-state index in [0.717, 1.165) is 22.4 Å². The van der Waals surface area contributed by atoms with Crippen LogP contribution in [0.1, 0.15) is 21.5 Å². The zero-order chi connectivity index (χ0) is 18.4. The van der Waals surface area contributed by atoms with Gasteiger partial charge in [-0.3, -0.25) is 4.79 Å². The van der Waals surface area contributed by atoms with E-state index >= 15 is 0 Å². The Morgan fingerprint density at radius 3 is 2.08 bits per heavy atom. The van der Waals surface area contributed by atoms with Crippen LogP contribution in [0.5, 0.6) is 0 Å². The molecule has 0 aliphatic rings. The first-order valence-corrected chi connectivity index (χ1v) is 8.42. The summed E-state index contributed by atoms with van der Waals surface area (Å²) in [6, 6.07) is 23.8. The monoisotopic (exact) mass is 344 g/mol. The molecule has 3 aromatic rings.